The largest absolute Gasteiger partial charge is 0.695 e. The Balaban J connectivity index is 2.07. The van der Waals surface area contributed by atoms with Gasteiger partial charge in [0.2, 0.25) is 11.9 Å². The molecule has 1 aliphatic rings. The van der Waals surface area contributed by atoms with Crippen LogP contribution in [0.15, 0.2) is 11.1 Å². The van der Waals surface area contributed by atoms with Crippen molar-refractivity contribution in [3.63, 3.8) is 0 Å². The van der Waals surface area contributed by atoms with Crippen molar-refractivity contribution in [2.75, 3.05) is 11.9 Å². The van der Waals surface area contributed by atoms with Crippen molar-refractivity contribution in [3.8, 4) is 0 Å². The van der Waals surface area contributed by atoms with E-state index in [-0.39, 0.29) is 34.0 Å². The summed E-state index contributed by atoms with van der Waals surface area (Å²) in [7, 11) is -5.49. The maximum Gasteiger partial charge on any atom is 0.695 e. The van der Waals surface area contributed by atoms with Crippen LogP contribution in [-0.4, -0.2) is 68.7 Å². The lowest BCUT2D eigenvalue weighted by Gasteiger charge is -2.39. The molecule has 2 aromatic rings. The summed E-state index contributed by atoms with van der Waals surface area (Å²) in [5.74, 6) is -0.784. The number of aromatic nitrogens is 4. The van der Waals surface area contributed by atoms with E-state index >= 15 is 0 Å². The lowest BCUT2D eigenvalue weighted by atomic mass is 10.1. The average molecular weight is 531 g/mol. The molecule has 2 aromatic heterocycles. The van der Waals surface area contributed by atoms with Crippen LogP contribution in [0.4, 0.5) is 5.95 Å². The molecule has 194 valence electrons. The number of hydrogen-bond donors (Lipinski definition) is 4. The van der Waals surface area contributed by atoms with Crippen molar-refractivity contribution in [2.45, 2.75) is 77.3 Å². The van der Waals surface area contributed by atoms with Crippen LogP contribution in [0.1, 0.15) is 40.8 Å². The van der Waals surface area contributed by atoms with E-state index in [1.165, 1.54) is 10.9 Å². The fraction of sp³-hybridized carbons (Fsp3) is 0.700. The molecule has 15 heteroatoms. The smallest absolute Gasteiger partial charge is 0.408 e. The first kappa shape index (κ1) is 27.5. The van der Waals surface area contributed by atoms with Crippen molar-refractivity contribution in [1.29, 1.82) is 0 Å². The molecule has 13 nitrogen and oxygen atoms in total. The number of hydrogen-bond acceptors (Lipinski definition) is 9. The molecular formula is C20H33N5O8PSi+. The molecule has 4 N–H and O–H groups in total. The van der Waals surface area contributed by atoms with Crippen molar-refractivity contribution < 1.29 is 33.0 Å². The Hall–Kier alpha value is -2.06. The molecule has 1 aliphatic heterocycles. The van der Waals surface area contributed by atoms with Gasteiger partial charge in [-0.1, -0.05) is 34.6 Å². The van der Waals surface area contributed by atoms with Gasteiger partial charge in [-0.3, -0.25) is 24.5 Å². The number of carbonyl (C=O) groups is 1. The van der Waals surface area contributed by atoms with Gasteiger partial charge in [0.1, 0.15) is 12.2 Å². The minimum atomic E-state index is -3.06. The minimum Gasteiger partial charge on any atom is -0.408 e. The highest BCUT2D eigenvalue weighted by Gasteiger charge is 2.54. The number of ether oxygens (including phenoxy) is 1. The van der Waals surface area contributed by atoms with Crippen LogP contribution in [0.5, 0.6) is 0 Å². The molecule has 1 amide bonds. The first-order valence-corrected chi connectivity index (χ1v) is 15.2. The molecule has 0 spiro atoms. The van der Waals surface area contributed by atoms with E-state index in [1.807, 2.05) is 33.9 Å². The second-order valence-corrected chi connectivity index (χ2v) is 15.7. The zero-order chi connectivity index (χ0) is 26.3. The van der Waals surface area contributed by atoms with Crippen LogP contribution in [0.25, 0.3) is 11.2 Å². The Morgan fingerprint density at radius 3 is 2.57 bits per heavy atom. The summed E-state index contributed by atoms with van der Waals surface area (Å²) >= 11 is 0. The molecule has 0 aliphatic carbocycles. The number of rotatable bonds is 8. The van der Waals surface area contributed by atoms with Gasteiger partial charge in [0, 0.05) is 10.5 Å². The van der Waals surface area contributed by atoms with Crippen LogP contribution in [0, 0.1) is 5.92 Å². The third kappa shape index (κ3) is 5.69. The zero-order valence-corrected chi connectivity index (χ0v) is 22.7. The number of aliphatic hydroxyl groups is 1. The second-order valence-electron chi connectivity index (χ2n) is 10.3. The van der Waals surface area contributed by atoms with Crippen LogP contribution >= 0.6 is 8.25 Å². The molecule has 0 saturated carbocycles. The second kappa shape index (κ2) is 10.1. The van der Waals surface area contributed by atoms with Gasteiger partial charge in [0.05, 0.1) is 12.9 Å². The molecule has 0 bridgehead atoms. The van der Waals surface area contributed by atoms with Crippen LogP contribution < -0.4 is 10.9 Å². The van der Waals surface area contributed by atoms with E-state index < -0.39 is 53.3 Å². The number of nitrogens with zero attached hydrogens (tertiary/aromatic N) is 3. The molecule has 1 unspecified atom stereocenters. The molecule has 3 heterocycles. The van der Waals surface area contributed by atoms with E-state index in [9.17, 15) is 24.2 Å². The van der Waals surface area contributed by atoms with Crippen molar-refractivity contribution in [1.82, 2.24) is 19.5 Å². The Labute approximate surface area is 204 Å². The molecular weight excluding hydrogens is 497 g/mol. The number of anilines is 1. The molecule has 5 atom stereocenters. The Morgan fingerprint density at radius 2 is 2.03 bits per heavy atom. The molecule has 1 fully saturated rings. The fourth-order valence-electron chi connectivity index (χ4n) is 3.39. The summed E-state index contributed by atoms with van der Waals surface area (Å²) < 4.78 is 30.9. The number of nitrogens with one attached hydrogen (secondary N) is 2. The first-order valence-electron chi connectivity index (χ1n) is 11.2. The average Bonchev–Trinajstić information content (AvgIpc) is 3.28. The van der Waals surface area contributed by atoms with Gasteiger partial charge >= 0.3 is 8.25 Å². The van der Waals surface area contributed by atoms with Crippen molar-refractivity contribution >= 4 is 39.6 Å². The monoisotopic (exact) mass is 530 g/mol. The molecule has 1 saturated heterocycles. The molecule has 3 rings (SSSR count). The highest BCUT2D eigenvalue weighted by Crippen LogP contribution is 2.44. The van der Waals surface area contributed by atoms with Crippen molar-refractivity contribution in [3.05, 3.63) is 16.7 Å². The van der Waals surface area contributed by atoms with E-state index in [0.29, 0.717) is 0 Å². The predicted molar refractivity (Wildman–Crippen MR) is 129 cm³/mol. The Morgan fingerprint density at radius 1 is 1.37 bits per heavy atom. The Kier molecular flexibility index (Phi) is 7.96. The maximum absolute atomic E-state index is 12.6. The minimum absolute atomic E-state index is 0.0300. The third-order valence-corrected chi connectivity index (χ3v) is 11.3. The lowest BCUT2D eigenvalue weighted by molar-refractivity contribution is -0.118. The van der Waals surface area contributed by atoms with Gasteiger partial charge in [-0.05, 0) is 18.1 Å². The first-order chi connectivity index (χ1) is 16.2. The highest BCUT2D eigenvalue weighted by molar-refractivity contribution is 7.32. The molecule has 0 radical (unpaired) electrons. The summed E-state index contributed by atoms with van der Waals surface area (Å²) in [6.07, 6.45) is -2.69. The van der Waals surface area contributed by atoms with Gasteiger partial charge in [-0.2, -0.15) is 4.98 Å². The number of fused-ring (bicyclic) bond motifs is 1. The predicted octanol–water partition coefficient (Wildman–Crippen LogP) is 2.03. The summed E-state index contributed by atoms with van der Waals surface area (Å²) in [6, 6.07) is 0. The highest BCUT2D eigenvalue weighted by atomic mass is 31.1. The summed E-state index contributed by atoms with van der Waals surface area (Å²) in [6.45, 7) is 13.1. The Bertz CT molecular complexity index is 1160. The van der Waals surface area contributed by atoms with Gasteiger partial charge in [0.15, 0.2) is 31.8 Å². The number of amides is 1. The third-order valence-electron chi connectivity index (χ3n) is 6.39. The SMILES string of the molecule is CC(C)C(=O)Nc1nc2c(ncn2[C@@H]2O[C@H](CO)[C@@H](O[Si](C)(C)C(C)(C)C)[C@@H]2O[P+](=O)O)c(=O)[nH]1. The van der Waals surface area contributed by atoms with E-state index in [0.717, 1.165) is 0 Å². The summed E-state index contributed by atoms with van der Waals surface area (Å²) in [5, 5.41) is 12.4. The summed E-state index contributed by atoms with van der Waals surface area (Å²) in [5.41, 5.74) is -0.564. The van der Waals surface area contributed by atoms with Crippen LogP contribution in [0.2, 0.25) is 18.1 Å². The maximum atomic E-state index is 12.6. The molecule has 35 heavy (non-hydrogen) atoms. The van der Waals surface area contributed by atoms with Crippen LogP contribution in [-0.2, 0) is 23.0 Å². The zero-order valence-electron chi connectivity index (χ0n) is 20.8. The normalized spacial score (nSPS) is 23.8. The number of imidazole rings is 1. The standard InChI is InChI=1S/C20H32N5O8PSi/c1-10(2)16(27)23-19-22-15-12(17(28)24-19)21-9-25(15)18-14(32-34(29)30)13(11(8-26)31-18)33-35(6,7)20(3,4)5/h9-11,13-14,18,26H,8H2,1-7H3,(H2-,22,23,24,27,28,29,30)/p+1/t11-,13-,14+,18-/m1/s1. The van der Waals surface area contributed by atoms with E-state index in [2.05, 4.69) is 20.3 Å². The van der Waals surface area contributed by atoms with Gasteiger partial charge in [-0.15, -0.1) is 9.42 Å². The number of aliphatic hydroxyl groups excluding tert-OH is 1. The van der Waals surface area contributed by atoms with Gasteiger partial charge < -0.3 is 14.3 Å². The van der Waals surface area contributed by atoms with E-state index in [1.54, 1.807) is 13.8 Å². The number of aromatic amines is 1. The van der Waals surface area contributed by atoms with Gasteiger partial charge in [-0.25, -0.2) is 4.98 Å². The van der Waals surface area contributed by atoms with Crippen LogP contribution in [0.3, 0.4) is 0 Å². The number of H-pyrrole nitrogens is 1. The fourth-order valence-corrected chi connectivity index (χ4v) is 5.14. The molecule has 0 aromatic carbocycles. The van der Waals surface area contributed by atoms with E-state index in [4.69, 9.17) is 13.7 Å². The number of carbonyl (C=O) groups excluding carboxylic acids is 1. The van der Waals surface area contributed by atoms with Gasteiger partial charge in [0.25, 0.3) is 5.56 Å². The topological polar surface area (TPSA) is 178 Å². The summed E-state index contributed by atoms with van der Waals surface area (Å²) in [4.78, 5) is 45.2. The quantitative estimate of drug-likeness (QED) is 0.291. The van der Waals surface area contributed by atoms with Crippen molar-refractivity contribution in [2.24, 2.45) is 5.92 Å². The lowest BCUT2D eigenvalue weighted by Crippen LogP contribution is -2.50.